The first-order valence-electron chi connectivity index (χ1n) is 10.5. The zero-order valence-electron chi connectivity index (χ0n) is 18.1. The van der Waals surface area contributed by atoms with Crippen molar-refractivity contribution >= 4 is 34.1 Å². The predicted octanol–water partition coefficient (Wildman–Crippen LogP) is 3.38. The number of rotatable bonds is 7. The van der Waals surface area contributed by atoms with Crippen LogP contribution in [-0.4, -0.2) is 42.4 Å². The number of carbonyl (C=O) groups excluding carboxylic acids is 1. The van der Waals surface area contributed by atoms with E-state index in [9.17, 15) is 4.79 Å². The highest BCUT2D eigenvalue weighted by Crippen LogP contribution is 2.27. The van der Waals surface area contributed by atoms with Crippen LogP contribution in [0.2, 0.25) is 0 Å². The van der Waals surface area contributed by atoms with Crippen molar-refractivity contribution in [2.75, 3.05) is 18.2 Å². The second-order valence-electron chi connectivity index (χ2n) is 7.43. The van der Waals surface area contributed by atoms with Crippen LogP contribution in [0.3, 0.4) is 0 Å². The number of hydrogen-bond donors (Lipinski definition) is 2. The summed E-state index contributed by atoms with van der Waals surface area (Å²) in [4.78, 5) is 22.3. The third-order valence-electron chi connectivity index (χ3n) is 5.23. The Kier molecular flexibility index (Phi) is 5.13. The number of amides is 1. The van der Waals surface area contributed by atoms with Gasteiger partial charge in [0.15, 0.2) is 17.1 Å². The predicted molar refractivity (Wildman–Crippen MR) is 122 cm³/mol. The first kappa shape index (κ1) is 20.5. The molecule has 0 aliphatic heterocycles. The average molecular weight is 446 g/mol. The molecule has 0 saturated heterocycles. The SMILES string of the molecule is CCCCn1nc2nc(C(=O)Nc3ccc(OC)cc3)n3nc(-c4ccco4)nc3c2c1N. The maximum Gasteiger partial charge on any atom is 0.293 e. The van der Waals surface area contributed by atoms with Gasteiger partial charge in [-0.05, 0) is 42.8 Å². The minimum Gasteiger partial charge on any atom is -0.497 e. The van der Waals surface area contributed by atoms with E-state index in [-0.39, 0.29) is 5.82 Å². The third-order valence-corrected chi connectivity index (χ3v) is 5.23. The number of nitrogens with zero attached hydrogens (tertiary/aromatic N) is 6. The summed E-state index contributed by atoms with van der Waals surface area (Å²) in [7, 11) is 1.58. The molecule has 1 aromatic carbocycles. The molecule has 1 amide bonds. The normalized spacial score (nSPS) is 11.3. The van der Waals surface area contributed by atoms with Crippen molar-refractivity contribution in [3.63, 3.8) is 0 Å². The molecule has 4 heterocycles. The summed E-state index contributed by atoms with van der Waals surface area (Å²) in [5.41, 5.74) is 7.68. The van der Waals surface area contributed by atoms with Crippen LogP contribution in [0.1, 0.15) is 30.4 Å². The number of aromatic nitrogens is 6. The molecular formula is C22H22N8O3. The topological polar surface area (TPSA) is 138 Å². The fraction of sp³-hybridized carbons (Fsp3) is 0.227. The van der Waals surface area contributed by atoms with Crippen LogP contribution >= 0.6 is 0 Å². The number of unbranched alkanes of at least 4 members (excludes halogenated alkanes) is 1. The molecule has 0 aliphatic rings. The second kappa shape index (κ2) is 8.26. The van der Waals surface area contributed by atoms with Gasteiger partial charge in [-0.1, -0.05) is 13.3 Å². The van der Waals surface area contributed by atoms with Gasteiger partial charge in [0.25, 0.3) is 5.91 Å². The van der Waals surface area contributed by atoms with Crippen LogP contribution in [0.25, 0.3) is 28.3 Å². The zero-order valence-corrected chi connectivity index (χ0v) is 18.1. The number of ether oxygens (including phenoxy) is 1. The maximum absolute atomic E-state index is 13.2. The highest BCUT2D eigenvalue weighted by Gasteiger charge is 2.24. The van der Waals surface area contributed by atoms with Gasteiger partial charge in [-0.2, -0.15) is 9.61 Å². The van der Waals surface area contributed by atoms with E-state index in [0.717, 1.165) is 12.8 Å². The number of nitrogens with one attached hydrogen (secondary N) is 1. The van der Waals surface area contributed by atoms with E-state index in [1.54, 1.807) is 48.2 Å². The molecule has 168 valence electrons. The van der Waals surface area contributed by atoms with E-state index in [4.69, 9.17) is 14.9 Å². The van der Waals surface area contributed by atoms with Gasteiger partial charge in [0.2, 0.25) is 11.6 Å². The molecule has 11 heteroatoms. The van der Waals surface area contributed by atoms with Gasteiger partial charge in [0.1, 0.15) is 17.0 Å². The standard InChI is InChI=1S/C22H22N8O3/c1-3-4-11-29-17(23)16-19(27-29)26-21(22(31)24-13-7-9-14(32-2)10-8-13)30-20(16)25-18(28-30)15-6-5-12-33-15/h5-10,12H,3-4,11,23H2,1-2H3,(H,24,31). The van der Waals surface area contributed by atoms with Gasteiger partial charge < -0.3 is 20.2 Å². The van der Waals surface area contributed by atoms with Crippen molar-refractivity contribution in [3.05, 3.63) is 48.5 Å². The van der Waals surface area contributed by atoms with Crippen molar-refractivity contribution < 1.29 is 13.9 Å². The van der Waals surface area contributed by atoms with E-state index in [0.29, 0.717) is 52.1 Å². The van der Waals surface area contributed by atoms with Crippen LogP contribution in [0, 0.1) is 0 Å². The van der Waals surface area contributed by atoms with Crippen molar-refractivity contribution in [1.82, 2.24) is 29.4 Å². The molecule has 11 nitrogen and oxygen atoms in total. The molecule has 0 radical (unpaired) electrons. The zero-order chi connectivity index (χ0) is 22.9. The Morgan fingerprint density at radius 2 is 2.00 bits per heavy atom. The van der Waals surface area contributed by atoms with Gasteiger partial charge >= 0.3 is 0 Å². The van der Waals surface area contributed by atoms with Crippen LogP contribution < -0.4 is 15.8 Å². The molecular weight excluding hydrogens is 424 g/mol. The molecule has 33 heavy (non-hydrogen) atoms. The summed E-state index contributed by atoms with van der Waals surface area (Å²) < 4.78 is 13.7. The molecule has 5 aromatic rings. The first-order chi connectivity index (χ1) is 16.1. The minimum absolute atomic E-state index is 0.0266. The number of methoxy groups -OCH3 is 1. The lowest BCUT2D eigenvalue weighted by Gasteiger charge is -2.07. The number of nitrogens with two attached hydrogens (primary N) is 1. The van der Waals surface area contributed by atoms with Crippen LogP contribution in [0.15, 0.2) is 47.1 Å². The largest absolute Gasteiger partial charge is 0.497 e. The van der Waals surface area contributed by atoms with E-state index >= 15 is 0 Å². The van der Waals surface area contributed by atoms with E-state index in [1.165, 1.54) is 10.8 Å². The number of aryl methyl sites for hydroxylation is 1. The number of fused-ring (bicyclic) bond motifs is 3. The lowest BCUT2D eigenvalue weighted by molar-refractivity contribution is 0.101. The Morgan fingerprint density at radius 3 is 2.70 bits per heavy atom. The summed E-state index contributed by atoms with van der Waals surface area (Å²) >= 11 is 0. The summed E-state index contributed by atoms with van der Waals surface area (Å²) in [5, 5.41) is 12.4. The highest BCUT2D eigenvalue weighted by molar-refractivity contribution is 6.06. The smallest absolute Gasteiger partial charge is 0.293 e. The van der Waals surface area contributed by atoms with E-state index < -0.39 is 5.91 Å². The molecule has 5 rings (SSSR count). The molecule has 0 spiro atoms. The number of carbonyl (C=O) groups is 1. The van der Waals surface area contributed by atoms with Crippen molar-refractivity contribution in [2.24, 2.45) is 0 Å². The highest BCUT2D eigenvalue weighted by atomic mass is 16.5. The molecule has 0 bridgehead atoms. The van der Waals surface area contributed by atoms with Gasteiger partial charge in [-0.25, -0.2) is 14.6 Å². The Balaban J connectivity index is 1.64. The molecule has 0 unspecified atom stereocenters. The maximum atomic E-state index is 13.2. The summed E-state index contributed by atoms with van der Waals surface area (Å²) in [6.07, 6.45) is 3.43. The van der Waals surface area contributed by atoms with Crippen molar-refractivity contribution in [2.45, 2.75) is 26.3 Å². The second-order valence-corrected chi connectivity index (χ2v) is 7.43. The van der Waals surface area contributed by atoms with Gasteiger partial charge in [0, 0.05) is 12.2 Å². The Bertz CT molecular complexity index is 1430. The Morgan fingerprint density at radius 1 is 1.18 bits per heavy atom. The van der Waals surface area contributed by atoms with Crippen LogP contribution in [0.5, 0.6) is 5.75 Å². The molecule has 0 fully saturated rings. The lowest BCUT2D eigenvalue weighted by Crippen LogP contribution is -2.19. The fourth-order valence-corrected chi connectivity index (χ4v) is 3.52. The first-order valence-corrected chi connectivity index (χ1v) is 10.5. The number of hydrogen-bond acceptors (Lipinski definition) is 8. The van der Waals surface area contributed by atoms with E-state index in [1.807, 2.05) is 0 Å². The Hall–Kier alpha value is -4.41. The van der Waals surface area contributed by atoms with Gasteiger partial charge in [-0.3, -0.25) is 4.79 Å². The van der Waals surface area contributed by atoms with Crippen molar-refractivity contribution in [1.29, 1.82) is 0 Å². The summed E-state index contributed by atoms with van der Waals surface area (Å²) in [5.74, 6) is 1.45. The van der Waals surface area contributed by atoms with Crippen molar-refractivity contribution in [3.8, 4) is 17.3 Å². The van der Waals surface area contributed by atoms with Gasteiger partial charge in [-0.15, -0.1) is 5.10 Å². The fourth-order valence-electron chi connectivity index (χ4n) is 3.52. The Labute approximate surface area is 188 Å². The molecule has 3 N–H and O–H groups in total. The minimum atomic E-state index is -0.468. The average Bonchev–Trinajstić information content (AvgIpc) is 3.56. The number of nitrogen functional groups attached to an aromatic ring is 1. The molecule has 0 atom stereocenters. The van der Waals surface area contributed by atoms with E-state index in [2.05, 4.69) is 32.4 Å². The molecule has 0 aliphatic carbocycles. The third kappa shape index (κ3) is 3.63. The van der Waals surface area contributed by atoms with Gasteiger partial charge in [0.05, 0.1) is 13.4 Å². The number of anilines is 2. The lowest BCUT2D eigenvalue weighted by atomic mass is 10.3. The van der Waals surface area contributed by atoms with Crippen LogP contribution in [0.4, 0.5) is 11.5 Å². The number of furan rings is 1. The quantitative estimate of drug-likeness (QED) is 0.388. The molecule has 4 aromatic heterocycles. The molecule has 0 saturated carbocycles. The number of benzene rings is 1. The monoisotopic (exact) mass is 446 g/mol. The van der Waals surface area contributed by atoms with Crippen LogP contribution in [-0.2, 0) is 6.54 Å². The summed E-state index contributed by atoms with van der Waals surface area (Å²) in [6, 6.07) is 10.5. The summed E-state index contributed by atoms with van der Waals surface area (Å²) in [6.45, 7) is 2.73.